The van der Waals surface area contributed by atoms with E-state index in [2.05, 4.69) is 29.8 Å². The predicted molar refractivity (Wildman–Crippen MR) is 77.5 cm³/mol. The number of rotatable bonds is 1. The van der Waals surface area contributed by atoms with E-state index in [9.17, 15) is 0 Å². The normalized spacial score (nSPS) is 23.8. The Morgan fingerprint density at radius 3 is 2.70 bits per heavy atom. The van der Waals surface area contributed by atoms with Crippen molar-refractivity contribution in [3.63, 3.8) is 0 Å². The van der Waals surface area contributed by atoms with Gasteiger partial charge in [-0.3, -0.25) is 0 Å². The summed E-state index contributed by atoms with van der Waals surface area (Å²) in [5, 5.41) is 9.01. The van der Waals surface area contributed by atoms with E-state index in [0.29, 0.717) is 5.69 Å². The number of nitriles is 1. The van der Waals surface area contributed by atoms with Gasteiger partial charge in [-0.25, -0.2) is 4.98 Å². The molecular weight excluding hydrogens is 250 g/mol. The van der Waals surface area contributed by atoms with Crippen LogP contribution >= 0.6 is 0 Å². The zero-order valence-corrected chi connectivity index (χ0v) is 12.2. The highest BCUT2D eigenvalue weighted by Gasteiger charge is 2.46. The molecule has 4 nitrogen and oxygen atoms in total. The van der Waals surface area contributed by atoms with Gasteiger partial charge in [0, 0.05) is 13.1 Å². The molecule has 1 aromatic rings. The van der Waals surface area contributed by atoms with E-state index in [-0.39, 0.29) is 11.2 Å². The van der Waals surface area contributed by atoms with Crippen molar-refractivity contribution >= 4 is 5.82 Å². The van der Waals surface area contributed by atoms with Crippen LogP contribution in [0, 0.1) is 11.3 Å². The van der Waals surface area contributed by atoms with Crippen LogP contribution in [0.5, 0.6) is 0 Å². The Labute approximate surface area is 120 Å². The molecule has 2 fully saturated rings. The average molecular weight is 271 g/mol. The predicted octanol–water partition coefficient (Wildman–Crippen LogP) is 2.88. The molecule has 1 spiro atoms. The van der Waals surface area contributed by atoms with E-state index in [4.69, 9.17) is 10.00 Å². The number of pyridine rings is 1. The van der Waals surface area contributed by atoms with Gasteiger partial charge in [-0.05, 0) is 38.8 Å². The lowest BCUT2D eigenvalue weighted by Gasteiger charge is -2.49. The third-order valence-electron chi connectivity index (χ3n) is 4.23. The van der Waals surface area contributed by atoms with Crippen LogP contribution in [0.2, 0.25) is 0 Å². The molecule has 20 heavy (non-hydrogen) atoms. The number of aromatic nitrogens is 1. The van der Waals surface area contributed by atoms with Crippen LogP contribution in [0.1, 0.15) is 45.2 Å². The van der Waals surface area contributed by atoms with Gasteiger partial charge in [0.15, 0.2) is 0 Å². The van der Waals surface area contributed by atoms with Gasteiger partial charge in [-0.15, -0.1) is 0 Å². The summed E-state index contributed by atoms with van der Waals surface area (Å²) in [6, 6.07) is 7.77. The summed E-state index contributed by atoms with van der Waals surface area (Å²) in [5.74, 6) is 0.895. The third-order valence-corrected chi connectivity index (χ3v) is 4.23. The molecule has 0 aromatic carbocycles. The van der Waals surface area contributed by atoms with Crippen LogP contribution in [0.15, 0.2) is 18.2 Å². The highest BCUT2D eigenvalue weighted by atomic mass is 16.5. The number of morpholine rings is 1. The fourth-order valence-corrected chi connectivity index (χ4v) is 3.62. The first-order valence-electron chi connectivity index (χ1n) is 7.34. The number of ether oxygens (including phenoxy) is 1. The maximum atomic E-state index is 9.01. The van der Waals surface area contributed by atoms with Crippen molar-refractivity contribution in [1.82, 2.24) is 4.98 Å². The fraction of sp³-hybridized carbons (Fsp3) is 0.625. The summed E-state index contributed by atoms with van der Waals surface area (Å²) in [7, 11) is 0. The zero-order chi connectivity index (χ0) is 14.2. The molecule has 1 aliphatic carbocycles. The monoisotopic (exact) mass is 271 g/mol. The molecule has 106 valence electrons. The van der Waals surface area contributed by atoms with E-state index >= 15 is 0 Å². The first-order valence-corrected chi connectivity index (χ1v) is 7.34. The molecule has 0 atom stereocenters. The zero-order valence-electron chi connectivity index (χ0n) is 12.2. The van der Waals surface area contributed by atoms with E-state index in [1.807, 2.05) is 12.1 Å². The van der Waals surface area contributed by atoms with Gasteiger partial charge in [-0.2, -0.15) is 5.26 Å². The van der Waals surface area contributed by atoms with Gasteiger partial charge in [0.1, 0.15) is 17.6 Å². The molecule has 1 aliphatic heterocycles. The molecule has 3 rings (SSSR count). The summed E-state index contributed by atoms with van der Waals surface area (Å²) >= 11 is 0. The molecule has 0 N–H and O–H groups in total. The first-order chi connectivity index (χ1) is 9.52. The lowest BCUT2D eigenvalue weighted by molar-refractivity contribution is -0.148. The minimum absolute atomic E-state index is 0.0217. The van der Waals surface area contributed by atoms with Crippen molar-refractivity contribution in [1.29, 1.82) is 5.26 Å². The first kappa shape index (κ1) is 13.4. The summed E-state index contributed by atoms with van der Waals surface area (Å²) in [6.45, 7) is 6.00. The van der Waals surface area contributed by atoms with Crippen LogP contribution in [0.3, 0.4) is 0 Å². The second-order valence-corrected chi connectivity index (χ2v) is 6.60. The Morgan fingerprint density at radius 1 is 1.25 bits per heavy atom. The largest absolute Gasteiger partial charge is 0.365 e. The molecule has 0 bridgehead atoms. The number of nitrogens with zero attached hydrogens (tertiary/aromatic N) is 3. The van der Waals surface area contributed by atoms with E-state index in [1.165, 1.54) is 12.8 Å². The van der Waals surface area contributed by atoms with E-state index < -0.39 is 0 Å². The van der Waals surface area contributed by atoms with Crippen molar-refractivity contribution in [3.8, 4) is 6.07 Å². The lowest BCUT2D eigenvalue weighted by atomic mass is 9.94. The van der Waals surface area contributed by atoms with Crippen LogP contribution < -0.4 is 4.90 Å². The van der Waals surface area contributed by atoms with Crippen molar-refractivity contribution in [2.24, 2.45) is 0 Å². The molecule has 1 saturated carbocycles. The molecule has 0 amide bonds. The molecule has 1 aromatic heterocycles. The van der Waals surface area contributed by atoms with Gasteiger partial charge in [0.25, 0.3) is 0 Å². The molecule has 1 saturated heterocycles. The Balaban J connectivity index is 1.90. The van der Waals surface area contributed by atoms with Gasteiger partial charge in [0.2, 0.25) is 0 Å². The Hall–Kier alpha value is -1.60. The van der Waals surface area contributed by atoms with E-state index in [0.717, 1.165) is 31.7 Å². The van der Waals surface area contributed by atoms with E-state index in [1.54, 1.807) is 6.07 Å². The Morgan fingerprint density at radius 2 is 2.00 bits per heavy atom. The van der Waals surface area contributed by atoms with Gasteiger partial charge in [0.05, 0.1) is 11.2 Å². The maximum Gasteiger partial charge on any atom is 0.142 e. The highest BCUT2D eigenvalue weighted by Crippen LogP contribution is 2.41. The van der Waals surface area contributed by atoms with Crippen molar-refractivity contribution < 1.29 is 4.74 Å². The number of hydrogen-bond donors (Lipinski definition) is 0. The fourth-order valence-electron chi connectivity index (χ4n) is 3.62. The summed E-state index contributed by atoms with van der Waals surface area (Å²) in [4.78, 5) is 6.73. The second-order valence-electron chi connectivity index (χ2n) is 6.60. The van der Waals surface area contributed by atoms with Crippen LogP contribution in [0.25, 0.3) is 0 Å². The molecule has 2 heterocycles. The minimum atomic E-state index is -0.174. The number of hydrogen-bond acceptors (Lipinski definition) is 4. The lowest BCUT2D eigenvalue weighted by Crippen LogP contribution is -2.59. The van der Waals surface area contributed by atoms with Crippen LogP contribution in [0.4, 0.5) is 5.82 Å². The number of anilines is 1. The molecule has 4 heteroatoms. The molecule has 0 radical (unpaired) electrons. The van der Waals surface area contributed by atoms with Crippen molar-refractivity contribution in [2.45, 2.75) is 50.7 Å². The smallest absolute Gasteiger partial charge is 0.142 e. The quantitative estimate of drug-likeness (QED) is 0.788. The maximum absolute atomic E-state index is 9.01. The minimum Gasteiger partial charge on any atom is -0.365 e. The van der Waals surface area contributed by atoms with Crippen molar-refractivity contribution in [3.05, 3.63) is 23.9 Å². The van der Waals surface area contributed by atoms with Crippen LogP contribution in [-0.2, 0) is 4.74 Å². The Kier molecular flexibility index (Phi) is 3.18. The van der Waals surface area contributed by atoms with Crippen LogP contribution in [-0.4, -0.2) is 29.3 Å². The topological polar surface area (TPSA) is 49.2 Å². The third kappa shape index (κ3) is 2.51. The molecular formula is C16H21N3O. The molecule has 2 aliphatic rings. The average Bonchev–Trinajstić information content (AvgIpc) is 2.84. The summed E-state index contributed by atoms with van der Waals surface area (Å²) in [5.41, 5.74) is 0.284. The second kappa shape index (κ2) is 4.75. The SMILES string of the molecule is CC1(C)CN(c2cccc(C#N)n2)CC2(CCCC2)O1. The van der Waals surface area contributed by atoms with Gasteiger partial charge in [-0.1, -0.05) is 18.9 Å². The highest BCUT2D eigenvalue weighted by molar-refractivity contribution is 5.43. The summed E-state index contributed by atoms with van der Waals surface area (Å²) in [6.07, 6.45) is 4.75. The van der Waals surface area contributed by atoms with Gasteiger partial charge < -0.3 is 9.64 Å². The van der Waals surface area contributed by atoms with Gasteiger partial charge >= 0.3 is 0 Å². The van der Waals surface area contributed by atoms with Crippen molar-refractivity contribution in [2.75, 3.05) is 18.0 Å². The standard InChI is InChI=1S/C16H21N3O/c1-15(2)11-19(12-16(20-15)8-3-4-9-16)14-7-5-6-13(10-17)18-14/h5-7H,3-4,8-9,11-12H2,1-2H3. The summed E-state index contributed by atoms with van der Waals surface area (Å²) < 4.78 is 6.40. The Bertz CT molecular complexity index is 541. The molecule has 0 unspecified atom stereocenters.